The quantitative estimate of drug-likeness (QED) is 0.810. The highest BCUT2D eigenvalue weighted by atomic mass is 16.2. The summed E-state index contributed by atoms with van der Waals surface area (Å²) in [5, 5.41) is 0. The van der Waals surface area contributed by atoms with Crippen LogP contribution in [0.15, 0.2) is 23.0 Å². The molecule has 1 saturated heterocycles. The number of hydrogen-bond acceptors (Lipinski definition) is 2. The van der Waals surface area contributed by atoms with Crippen LogP contribution in [0.4, 0.5) is 0 Å². The zero-order valence-corrected chi connectivity index (χ0v) is 11.3. The Morgan fingerprint density at radius 2 is 2.16 bits per heavy atom. The SMILES string of the molecule is CCCC(=O)N1C[C@@H]2C[C@H](C1)c1cccc(=O)n1C2. The van der Waals surface area contributed by atoms with Gasteiger partial charge in [-0.15, -0.1) is 0 Å². The summed E-state index contributed by atoms with van der Waals surface area (Å²) in [5.74, 6) is 1.04. The van der Waals surface area contributed by atoms with Gasteiger partial charge in [0.1, 0.15) is 0 Å². The second-order valence-corrected chi connectivity index (χ2v) is 5.75. The number of nitrogens with zero attached hydrogens (tertiary/aromatic N) is 2. The minimum absolute atomic E-state index is 0.0977. The van der Waals surface area contributed by atoms with Crippen molar-refractivity contribution in [2.24, 2.45) is 5.92 Å². The maximum atomic E-state index is 12.1. The van der Waals surface area contributed by atoms with Crippen LogP contribution in [0, 0.1) is 5.92 Å². The van der Waals surface area contributed by atoms with Crippen molar-refractivity contribution in [2.45, 2.75) is 38.6 Å². The van der Waals surface area contributed by atoms with Gasteiger partial charge in [0.25, 0.3) is 5.56 Å². The molecule has 4 heteroatoms. The van der Waals surface area contributed by atoms with E-state index in [0.29, 0.717) is 18.3 Å². The predicted octanol–water partition coefficient (Wildman–Crippen LogP) is 1.59. The van der Waals surface area contributed by atoms with Crippen molar-refractivity contribution in [3.8, 4) is 0 Å². The summed E-state index contributed by atoms with van der Waals surface area (Å²) in [6, 6.07) is 5.50. The number of carbonyl (C=O) groups excluding carboxylic acids is 1. The molecule has 2 aliphatic heterocycles. The molecule has 1 aromatic rings. The minimum Gasteiger partial charge on any atom is -0.342 e. The molecule has 1 aromatic heterocycles. The highest BCUT2D eigenvalue weighted by Crippen LogP contribution is 2.35. The number of aromatic nitrogens is 1. The van der Waals surface area contributed by atoms with Gasteiger partial charge in [0.15, 0.2) is 0 Å². The summed E-state index contributed by atoms with van der Waals surface area (Å²) in [5.41, 5.74) is 1.21. The van der Waals surface area contributed by atoms with Crippen molar-refractivity contribution in [1.82, 2.24) is 9.47 Å². The molecule has 0 aliphatic carbocycles. The number of pyridine rings is 1. The van der Waals surface area contributed by atoms with Gasteiger partial charge in [0.2, 0.25) is 5.91 Å². The van der Waals surface area contributed by atoms with E-state index in [1.54, 1.807) is 6.07 Å². The Morgan fingerprint density at radius 1 is 1.32 bits per heavy atom. The van der Waals surface area contributed by atoms with E-state index in [2.05, 4.69) is 0 Å². The second-order valence-electron chi connectivity index (χ2n) is 5.75. The first-order valence-electron chi connectivity index (χ1n) is 7.16. The number of likely N-dealkylation sites (tertiary alicyclic amines) is 1. The summed E-state index contributed by atoms with van der Waals surface area (Å²) in [6.07, 6.45) is 2.65. The van der Waals surface area contributed by atoms with Crippen molar-refractivity contribution in [1.29, 1.82) is 0 Å². The zero-order chi connectivity index (χ0) is 13.4. The van der Waals surface area contributed by atoms with E-state index in [-0.39, 0.29) is 11.5 Å². The fourth-order valence-electron chi connectivity index (χ4n) is 3.47. The monoisotopic (exact) mass is 260 g/mol. The third kappa shape index (κ3) is 2.20. The van der Waals surface area contributed by atoms with Gasteiger partial charge in [-0.1, -0.05) is 13.0 Å². The van der Waals surface area contributed by atoms with Crippen LogP contribution in [-0.2, 0) is 11.3 Å². The van der Waals surface area contributed by atoms with Gasteiger partial charge in [-0.3, -0.25) is 9.59 Å². The van der Waals surface area contributed by atoms with E-state index in [1.165, 1.54) is 0 Å². The number of rotatable bonds is 2. The Labute approximate surface area is 113 Å². The van der Waals surface area contributed by atoms with Crippen LogP contribution in [0.25, 0.3) is 0 Å². The Kier molecular flexibility index (Phi) is 3.17. The van der Waals surface area contributed by atoms with Gasteiger partial charge in [0.05, 0.1) is 0 Å². The molecule has 0 unspecified atom stereocenters. The van der Waals surface area contributed by atoms with Crippen molar-refractivity contribution in [2.75, 3.05) is 13.1 Å². The van der Waals surface area contributed by atoms with E-state index in [0.717, 1.165) is 38.2 Å². The highest BCUT2D eigenvalue weighted by molar-refractivity contribution is 5.76. The molecule has 1 fully saturated rings. The minimum atomic E-state index is 0.0977. The fourth-order valence-corrected chi connectivity index (χ4v) is 3.47. The van der Waals surface area contributed by atoms with Gasteiger partial charge in [-0.2, -0.15) is 0 Å². The van der Waals surface area contributed by atoms with Gasteiger partial charge in [-0.05, 0) is 24.8 Å². The Balaban J connectivity index is 1.88. The van der Waals surface area contributed by atoms with E-state index in [9.17, 15) is 9.59 Å². The normalized spacial score (nSPS) is 25.0. The summed E-state index contributed by atoms with van der Waals surface area (Å²) in [7, 11) is 0. The maximum absolute atomic E-state index is 12.1. The lowest BCUT2D eigenvalue weighted by Crippen LogP contribution is -2.49. The zero-order valence-electron chi connectivity index (χ0n) is 11.3. The Hall–Kier alpha value is -1.58. The molecule has 2 aliphatic rings. The summed E-state index contributed by atoms with van der Waals surface area (Å²) in [6.45, 7) is 4.40. The van der Waals surface area contributed by atoms with Gasteiger partial charge in [-0.25, -0.2) is 0 Å². The van der Waals surface area contributed by atoms with E-state index < -0.39 is 0 Å². The molecule has 0 saturated carbocycles. The predicted molar refractivity (Wildman–Crippen MR) is 73.0 cm³/mol. The molecule has 2 atom stereocenters. The molecule has 3 rings (SSSR count). The standard InChI is InChI=1S/C15H20N2O2/c1-2-4-14(18)16-8-11-7-12(10-16)13-5-3-6-15(19)17(13)9-11/h3,5-6,11-12H,2,4,7-10H2,1H3/t11-,12+/m0/s1. The number of hydrogen-bond donors (Lipinski definition) is 0. The van der Waals surface area contributed by atoms with Gasteiger partial charge < -0.3 is 9.47 Å². The molecule has 4 nitrogen and oxygen atoms in total. The first-order chi connectivity index (χ1) is 9.19. The van der Waals surface area contributed by atoms with Crippen molar-refractivity contribution in [3.63, 3.8) is 0 Å². The van der Waals surface area contributed by atoms with E-state index in [4.69, 9.17) is 0 Å². The van der Waals surface area contributed by atoms with Crippen LogP contribution in [-0.4, -0.2) is 28.5 Å². The average Bonchev–Trinajstić information content (AvgIpc) is 2.40. The molecule has 0 aromatic carbocycles. The average molecular weight is 260 g/mol. The number of carbonyl (C=O) groups is 1. The smallest absolute Gasteiger partial charge is 0.250 e. The fraction of sp³-hybridized carbons (Fsp3) is 0.600. The molecule has 2 bridgehead atoms. The van der Waals surface area contributed by atoms with E-state index >= 15 is 0 Å². The lowest BCUT2D eigenvalue weighted by atomic mass is 9.83. The third-order valence-corrected chi connectivity index (χ3v) is 4.30. The van der Waals surface area contributed by atoms with Gasteiger partial charge >= 0.3 is 0 Å². The molecule has 0 N–H and O–H groups in total. The Bertz CT molecular complexity index is 549. The van der Waals surface area contributed by atoms with Crippen LogP contribution >= 0.6 is 0 Å². The van der Waals surface area contributed by atoms with E-state index in [1.807, 2.05) is 28.5 Å². The first kappa shape index (κ1) is 12.5. The lowest BCUT2D eigenvalue weighted by molar-refractivity contribution is -0.134. The van der Waals surface area contributed by atoms with Crippen LogP contribution in [0.3, 0.4) is 0 Å². The first-order valence-corrected chi connectivity index (χ1v) is 7.16. The third-order valence-electron chi connectivity index (χ3n) is 4.30. The molecular weight excluding hydrogens is 240 g/mol. The van der Waals surface area contributed by atoms with Crippen molar-refractivity contribution >= 4 is 5.91 Å². The summed E-state index contributed by atoms with van der Waals surface area (Å²) >= 11 is 0. The van der Waals surface area contributed by atoms with Gasteiger partial charge in [0, 0.05) is 43.7 Å². The van der Waals surface area contributed by atoms with Crippen molar-refractivity contribution < 1.29 is 4.79 Å². The molecule has 102 valence electrons. The highest BCUT2D eigenvalue weighted by Gasteiger charge is 2.35. The topological polar surface area (TPSA) is 42.3 Å². The second kappa shape index (κ2) is 4.83. The lowest BCUT2D eigenvalue weighted by Gasteiger charge is -2.42. The molecular formula is C15H20N2O2. The molecule has 0 radical (unpaired) electrons. The maximum Gasteiger partial charge on any atom is 0.250 e. The molecule has 1 amide bonds. The number of fused-ring (bicyclic) bond motifs is 4. The van der Waals surface area contributed by atoms with Crippen LogP contribution in [0.1, 0.15) is 37.8 Å². The Morgan fingerprint density at radius 3 is 2.95 bits per heavy atom. The molecule has 19 heavy (non-hydrogen) atoms. The summed E-state index contributed by atoms with van der Waals surface area (Å²) < 4.78 is 1.90. The number of piperidine rings is 1. The number of amides is 1. The van der Waals surface area contributed by atoms with Crippen LogP contribution in [0.2, 0.25) is 0 Å². The largest absolute Gasteiger partial charge is 0.342 e. The van der Waals surface area contributed by atoms with Crippen molar-refractivity contribution in [3.05, 3.63) is 34.2 Å². The molecule has 0 spiro atoms. The summed E-state index contributed by atoms with van der Waals surface area (Å²) in [4.78, 5) is 26.0. The molecule has 3 heterocycles. The van der Waals surface area contributed by atoms with Crippen LogP contribution < -0.4 is 5.56 Å². The van der Waals surface area contributed by atoms with Crippen LogP contribution in [0.5, 0.6) is 0 Å².